The Balaban J connectivity index is 0.00000235. The fraction of sp³-hybridized carbons (Fsp3) is 0.536. The fourth-order valence-electron chi connectivity index (χ4n) is 4.37. The first-order valence-electron chi connectivity index (χ1n) is 12.7. The van der Waals surface area contributed by atoms with Gasteiger partial charge >= 0.3 is 12.1 Å². The Kier molecular flexibility index (Phi) is 10.5. The molecule has 1 amide bonds. The minimum Gasteiger partial charge on any atom is -0.465 e. The van der Waals surface area contributed by atoms with Crippen molar-refractivity contribution < 1.29 is 32.2 Å². The number of hydrogen-bond donors (Lipinski definition) is 0. The third-order valence-electron chi connectivity index (χ3n) is 6.26. The zero-order valence-electron chi connectivity index (χ0n) is 22.6. The van der Waals surface area contributed by atoms with Crippen molar-refractivity contribution in [3.05, 3.63) is 47.2 Å². The second-order valence-electron chi connectivity index (χ2n) is 9.39. The smallest absolute Gasteiger partial charge is 0.421 e. The van der Waals surface area contributed by atoms with E-state index in [0.29, 0.717) is 17.2 Å². The van der Waals surface area contributed by atoms with E-state index in [-0.39, 0.29) is 29.2 Å². The molecule has 0 saturated heterocycles. The van der Waals surface area contributed by atoms with Gasteiger partial charge in [0.25, 0.3) is 0 Å². The Labute approximate surface area is 217 Å². The maximum absolute atomic E-state index is 13.5. The van der Waals surface area contributed by atoms with Crippen LogP contribution >= 0.6 is 0 Å². The normalized spacial score (nSPS) is 17.5. The highest BCUT2D eigenvalue weighted by Gasteiger charge is 2.36. The molecule has 1 fully saturated rings. The standard InChI is InChI=1S/C26H31F3N2O4.C2H6/c1-15(2)31(24(32)18-8-6-16(3)7-9-18)22-11-10-19(13-20(22)25(33)34-5)35-23-21(26(27,28)29)12-17(4)14-30-23;1-2/h10-16,18H,6-9H2,1-5H3;1-2H3. The molecule has 0 unspecified atom stereocenters. The Morgan fingerprint density at radius 2 is 1.70 bits per heavy atom. The summed E-state index contributed by atoms with van der Waals surface area (Å²) >= 11 is 0. The summed E-state index contributed by atoms with van der Waals surface area (Å²) in [7, 11) is 1.20. The van der Waals surface area contributed by atoms with E-state index >= 15 is 0 Å². The number of halogens is 3. The number of pyridine rings is 1. The molecule has 0 radical (unpaired) electrons. The number of hydrogen-bond acceptors (Lipinski definition) is 5. The molecule has 6 nitrogen and oxygen atoms in total. The van der Waals surface area contributed by atoms with Crippen LogP contribution in [-0.4, -0.2) is 30.0 Å². The van der Waals surface area contributed by atoms with Gasteiger partial charge in [0.15, 0.2) is 0 Å². The van der Waals surface area contributed by atoms with Crippen LogP contribution in [-0.2, 0) is 15.7 Å². The monoisotopic (exact) mass is 522 g/mol. The van der Waals surface area contributed by atoms with Gasteiger partial charge in [0.1, 0.15) is 11.3 Å². The first-order chi connectivity index (χ1) is 17.4. The number of nitrogens with zero attached hydrogens (tertiary/aromatic N) is 2. The van der Waals surface area contributed by atoms with Gasteiger partial charge in [-0.1, -0.05) is 20.8 Å². The molecule has 0 aliphatic heterocycles. The molecule has 1 heterocycles. The van der Waals surface area contributed by atoms with Gasteiger partial charge in [-0.05, 0) is 82.2 Å². The summed E-state index contributed by atoms with van der Waals surface area (Å²) in [6.07, 6.45) is 0.0743. The summed E-state index contributed by atoms with van der Waals surface area (Å²) in [6.45, 7) is 11.4. The number of amides is 1. The molecule has 0 atom stereocenters. The summed E-state index contributed by atoms with van der Waals surface area (Å²) in [5, 5.41) is 0. The van der Waals surface area contributed by atoms with Crippen LogP contribution in [0.5, 0.6) is 11.6 Å². The van der Waals surface area contributed by atoms with E-state index in [9.17, 15) is 22.8 Å². The maximum Gasteiger partial charge on any atom is 0.421 e. The molecule has 1 aromatic heterocycles. The average molecular weight is 523 g/mol. The molecule has 1 aliphatic carbocycles. The van der Waals surface area contributed by atoms with E-state index in [1.54, 1.807) is 4.90 Å². The SMILES string of the molecule is CC.COC(=O)c1cc(Oc2ncc(C)cc2C(F)(F)F)ccc1N(C(=O)C1CCC(C)CC1)C(C)C. The summed E-state index contributed by atoms with van der Waals surface area (Å²) in [6, 6.07) is 4.91. The molecule has 2 aromatic rings. The molecule has 204 valence electrons. The number of aromatic nitrogens is 1. The number of carbonyl (C=O) groups excluding carboxylic acids is 2. The zero-order valence-corrected chi connectivity index (χ0v) is 22.6. The summed E-state index contributed by atoms with van der Waals surface area (Å²) in [5.74, 6) is -1.04. The highest BCUT2D eigenvalue weighted by molar-refractivity contribution is 6.04. The van der Waals surface area contributed by atoms with Crippen molar-refractivity contribution in [2.24, 2.45) is 11.8 Å². The van der Waals surface area contributed by atoms with Gasteiger partial charge in [-0.2, -0.15) is 13.2 Å². The van der Waals surface area contributed by atoms with Gasteiger partial charge in [-0.15, -0.1) is 0 Å². The van der Waals surface area contributed by atoms with Crippen LogP contribution in [0.4, 0.5) is 18.9 Å². The fourth-order valence-corrected chi connectivity index (χ4v) is 4.37. The molecular weight excluding hydrogens is 485 g/mol. The summed E-state index contributed by atoms with van der Waals surface area (Å²) < 4.78 is 50.9. The Morgan fingerprint density at radius 3 is 2.24 bits per heavy atom. The van der Waals surface area contributed by atoms with Crippen LogP contribution < -0.4 is 9.64 Å². The third kappa shape index (κ3) is 7.46. The minimum absolute atomic E-state index is 0.0249. The van der Waals surface area contributed by atoms with Crippen LogP contribution in [0.3, 0.4) is 0 Å². The third-order valence-corrected chi connectivity index (χ3v) is 6.26. The molecule has 1 aromatic carbocycles. The van der Waals surface area contributed by atoms with E-state index in [1.165, 1.54) is 38.4 Å². The van der Waals surface area contributed by atoms with E-state index in [0.717, 1.165) is 31.7 Å². The number of benzene rings is 1. The predicted octanol–water partition coefficient (Wildman–Crippen LogP) is 7.58. The quantitative estimate of drug-likeness (QED) is 0.366. The van der Waals surface area contributed by atoms with Gasteiger partial charge < -0.3 is 14.4 Å². The molecule has 1 saturated carbocycles. The van der Waals surface area contributed by atoms with Crippen molar-refractivity contribution in [2.75, 3.05) is 12.0 Å². The Bertz CT molecular complexity index is 1080. The number of ether oxygens (including phenoxy) is 2. The molecule has 3 rings (SSSR count). The van der Waals surface area contributed by atoms with Crippen molar-refractivity contribution in [3.8, 4) is 11.6 Å². The van der Waals surface area contributed by atoms with Gasteiger partial charge in [-0.3, -0.25) is 4.79 Å². The van der Waals surface area contributed by atoms with Crippen LogP contribution in [0.15, 0.2) is 30.5 Å². The predicted molar refractivity (Wildman–Crippen MR) is 137 cm³/mol. The number of carbonyl (C=O) groups is 2. The number of rotatable bonds is 6. The molecule has 0 N–H and O–H groups in total. The highest BCUT2D eigenvalue weighted by atomic mass is 19.4. The zero-order chi connectivity index (χ0) is 27.9. The largest absolute Gasteiger partial charge is 0.465 e. The highest BCUT2D eigenvalue weighted by Crippen LogP contribution is 2.39. The van der Waals surface area contributed by atoms with Crippen LogP contribution in [0.2, 0.25) is 0 Å². The molecule has 9 heteroatoms. The second kappa shape index (κ2) is 12.9. The lowest BCUT2D eigenvalue weighted by molar-refractivity contribution is -0.139. The topological polar surface area (TPSA) is 68.7 Å². The van der Waals surface area contributed by atoms with E-state index in [1.807, 2.05) is 27.7 Å². The number of esters is 1. The lowest BCUT2D eigenvalue weighted by Gasteiger charge is -2.34. The summed E-state index contributed by atoms with van der Waals surface area (Å²) in [4.78, 5) is 31.5. The first-order valence-corrected chi connectivity index (χ1v) is 12.7. The lowest BCUT2D eigenvalue weighted by Crippen LogP contribution is -2.43. The number of anilines is 1. The van der Waals surface area contributed by atoms with E-state index < -0.39 is 23.6 Å². The molecule has 1 aliphatic rings. The summed E-state index contributed by atoms with van der Waals surface area (Å²) in [5.41, 5.74) is -0.335. The van der Waals surface area contributed by atoms with Crippen molar-refractivity contribution in [1.29, 1.82) is 0 Å². The molecular formula is C28H37F3N2O4. The van der Waals surface area contributed by atoms with Crippen molar-refractivity contribution in [2.45, 2.75) is 79.4 Å². The van der Waals surface area contributed by atoms with Gasteiger partial charge in [0.2, 0.25) is 11.8 Å². The van der Waals surface area contributed by atoms with Crippen LogP contribution in [0, 0.1) is 18.8 Å². The average Bonchev–Trinajstić information content (AvgIpc) is 2.86. The van der Waals surface area contributed by atoms with Crippen molar-refractivity contribution in [3.63, 3.8) is 0 Å². The molecule has 0 spiro atoms. The van der Waals surface area contributed by atoms with Gasteiger partial charge in [0.05, 0.1) is 18.4 Å². The number of aryl methyl sites for hydroxylation is 1. The maximum atomic E-state index is 13.5. The molecule has 37 heavy (non-hydrogen) atoms. The Hall–Kier alpha value is -3.10. The van der Waals surface area contributed by atoms with Gasteiger partial charge in [0, 0.05) is 18.2 Å². The van der Waals surface area contributed by atoms with Crippen molar-refractivity contribution in [1.82, 2.24) is 4.98 Å². The molecule has 0 bridgehead atoms. The Morgan fingerprint density at radius 1 is 1.08 bits per heavy atom. The first kappa shape index (κ1) is 30.1. The van der Waals surface area contributed by atoms with Gasteiger partial charge in [-0.25, -0.2) is 9.78 Å². The van der Waals surface area contributed by atoms with Crippen LogP contribution in [0.25, 0.3) is 0 Å². The number of alkyl halides is 3. The van der Waals surface area contributed by atoms with Crippen LogP contribution in [0.1, 0.15) is 81.8 Å². The van der Waals surface area contributed by atoms with Crippen molar-refractivity contribution >= 4 is 17.6 Å². The van der Waals surface area contributed by atoms with E-state index in [2.05, 4.69) is 11.9 Å². The van der Waals surface area contributed by atoms with E-state index in [4.69, 9.17) is 9.47 Å². The minimum atomic E-state index is -4.67. The second-order valence-corrected chi connectivity index (χ2v) is 9.39. The number of methoxy groups -OCH3 is 1. The lowest BCUT2D eigenvalue weighted by atomic mass is 9.82.